The molecule has 0 amide bonds. The normalized spacial score (nSPS) is 11.9. The zero-order valence-corrected chi connectivity index (χ0v) is 30.9. The second-order valence-corrected chi connectivity index (χ2v) is 15.0. The molecular formula is C54H33N3. The van der Waals surface area contributed by atoms with E-state index in [0.717, 1.165) is 39.0 Å². The highest BCUT2D eigenvalue weighted by molar-refractivity contribution is 6.22. The van der Waals surface area contributed by atoms with Crippen molar-refractivity contribution in [1.82, 2.24) is 14.4 Å². The van der Waals surface area contributed by atoms with E-state index < -0.39 is 0 Å². The molecule has 57 heavy (non-hydrogen) atoms. The molecule has 2 aromatic heterocycles. The van der Waals surface area contributed by atoms with Crippen LogP contribution in [-0.4, -0.2) is 14.4 Å². The van der Waals surface area contributed by atoms with Gasteiger partial charge in [-0.25, -0.2) is 9.97 Å². The topological polar surface area (TPSA) is 30.2 Å². The summed E-state index contributed by atoms with van der Waals surface area (Å²) in [7, 11) is 0. The van der Waals surface area contributed by atoms with Crippen molar-refractivity contribution in [2.24, 2.45) is 0 Å². The van der Waals surface area contributed by atoms with E-state index in [4.69, 9.17) is 9.97 Å². The van der Waals surface area contributed by atoms with Crippen molar-refractivity contribution in [2.45, 2.75) is 0 Å². The summed E-state index contributed by atoms with van der Waals surface area (Å²) in [5, 5.41) is 10.9. The minimum Gasteiger partial charge on any atom is -0.276 e. The molecule has 0 radical (unpaired) electrons. The Morgan fingerprint density at radius 3 is 1.33 bits per heavy atom. The first-order valence-electron chi connectivity index (χ1n) is 19.5. The van der Waals surface area contributed by atoms with Crippen LogP contribution in [0.4, 0.5) is 0 Å². The fourth-order valence-electron chi connectivity index (χ4n) is 9.04. The zero-order valence-electron chi connectivity index (χ0n) is 30.9. The van der Waals surface area contributed by atoms with Gasteiger partial charge in [0.15, 0.2) is 0 Å². The Kier molecular flexibility index (Phi) is 6.93. The lowest BCUT2D eigenvalue weighted by atomic mass is 9.85. The minimum atomic E-state index is 0.890. The smallest absolute Gasteiger partial charge is 0.149 e. The quantitative estimate of drug-likeness (QED) is 0.169. The van der Waals surface area contributed by atoms with Crippen molar-refractivity contribution in [3.8, 4) is 44.8 Å². The Labute approximate surface area is 328 Å². The first-order valence-corrected chi connectivity index (χ1v) is 19.5. The second-order valence-electron chi connectivity index (χ2n) is 15.0. The van der Waals surface area contributed by atoms with Gasteiger partial charge in [-0.1, -0.05) is 152 Å². The zero-order chi connectivity index (χ0) is 37.5. The third-order valence-electron chi connectivity index (χ3n) is 11.7. The largest absolute Gasteiger partial charge is 0.276 e. The molecule has 0 aliphatic heterocycles. The standard InChI is InChI=1S/C54H33N3/c1-2-12-34(13-3-1)35-22-23-37-31-40(27-24-36(37)30-35)51-43-14-4-6-16-45(43)52(46-17-7-5-15-44(46)51)41-28-25-39-33-42(29-26-38(39)32-41)53-55-48-19-9-8-18-47(48)54-56-49-20-10-11-21-50(49)57(53)54/h1-33H. The van der Waals surface area contributed by atoms with Gasteiger partial charge >= 0.3 is 0 Å². The molecule has 0 saturated carbocycles. The van der Waals surface area contributed by atoms with Crippen LogP contribution in [0, 0.1) is 0 Å². The number of rotatable bonds is 4. The van der Waals surface area contributed by atoms with Gasteiger partial charge in [-0.3, -0.25) is 4.40 Å². The van der Waals surface area contributed by atoms with Crippen molar-refractivity contribution in [1.29, 1.82) is 0 Å². The molecule has 3 nitrogen and oxygen atoms in total. The average molecular weight is 724 g/mol. The summed E-state index contributed by atoms with van der Waals surface area (Å²) in [5.41, 5.74) is 12.4. The first-order chi connectivity index (χ1) is 28.2. The molecule has 12 rings (SSSR count). The average Bonchev–Trinajstić information content (AvgIpc) is 3.68. The fourth-order valence-corrected chi connectivity index (χ4v) is 9.04. The molecule has 0 aliphatic carbocycles. The summed E-state index contributed by atoms with van der Waals surface area (Å²) in [4.78, 5) is 10.3. The molecule has 0 unspecified atom stereocenters. The Bertz CT molecular complexity index is 3520. The summed E-state index contributed by atoms with van der Waals surface area (Å²) < 4.78 is 2.21. The summed E-state index contributed by atoms with van der Waals surface area (Å²) in [6, 6.07) is 72.4. The summed E-state index contributed by atoms with van der Waals surface area (Å²) in [6.07, 6.45) is 0. The number of nitrogens with zero attached hydrogens (tertiary/aromatic N) is 3. The number of aromatic nitrogens is 3. The second kappa shape index (κ2) is 12.5. The molecule has 0 N–H and O–H groups in total. The van der Waals surface area contributed by atoms with E-state index in [1.807, 2.05) is 12.1 Å². The highest BCUT2D eigenvalue weighted by Crippen LogP contribution is 2.45. The molecule has 0 aliphatic rings. The summed E-state index contributed by atoms with van der Waals surface area (Å²) >= 11 is 0. The molecule has 0 saturated heterocycles. The Hall–Kier alpha value is -7.62. The van der Waals surface area contributed by atoms with Crippen LogP contribution in [0.15, 0.2) is 200 Å². The van der Waals surface area contributed by atoms with Gasteiger partial charge in [-0.15, -0.1) is 0 Å². The van der Waals surface area contributed by atoms with Crippen LogP contribution < -0.4 is 0 Å². The van der Waals surface area contributed by atoms with Crippen LogP contribution in [0.1, 0.15) is 0 Å². The third kappa shape index (κ3) is 4.99. The molecule has 3 heteroatoms. The van der Waals surface area contributed by atoms with Gasteiger partial charge in [0.05, 0.1) is 16.6 Å². The number of benzene rings is 10. The maximum absolute atomic E-state index is 5.23. The molecular weight excluding hydrogens is 691 g/mol. The van der Waals surface area contributed by atoms with Gasteiger partial charge in [0.2, 0.25) is 0 Å². The van der Waals surface area contributed by atoms with Crippen LogP contribution in [0.5, 0.6) is 0 Å². The van der Waals surface area contributed by atoms with Gasteiger partial charge in [0.1, 0.15) is 11.5 Å². The van der Waals surface area contributed by atoms with E-state index >= 15 is 0 Å². The Morgan fingerprint density at radius 1 is 0.298 bits per heavy atom. The highest BCUT2D eigenvalue weighted by atomic mass is 15.1. The van der Waals surface area contributed by atoms with Crippen LogP contribution in [0.2, 0.25) is 0 Å². The molecule has 0 bridgehead atoms. The van der Waals surface area contributed by atoms with E-state index in [1.165, 1.54) is 76.5 Å². The van der Waals surface area contributed by atoms with Gasteiger partial charge < -0.3 is 0 Å². The van der Waals surface area contributed by atoms with E-state index in [0.29, 0.717) is 0 Å². The van der Waals surface area contributed by atoms with Gasteiger partial charge in [-0.2, -0.15) is 0 Å². The number of imidazole rings is 1. The SMILES string of the molecule is c1ccc(-c2ccc3cc(-c4c5ccccc5c(-c5ccc6cc(-c7nc8ccccc8c8nc9ccccc9n78)ccc6c5)c5ccccc45)ccc3c2)cc1. The molecule has 264 valence electrons. The Morgan fingerprint density at radius 2 is 0.737 bits per heavy atom. The molecule has 2 heterocycles. The van der Waals surface area contributed by atoms with Crippen LogP contribution in [0.25, 0.3) is 115 Å². The predicted molar refractivity (Wildman–Crippen MR) is 240 cm³/mol. The fraction of sp³-hybridized carbons (Fsp3) is 0. The number of hydrogen-bond acceptors (Lipinski definition) is 2. The summed E-state index contributed by atoms with van der Waals surface area (Å²) in [6.45, 7) is 0. The lowest BCUT2D eigenvalue weighted by Crippen LogP contribution is -1.98. The number of hydrogen-bond donors (Lipinski definition) is 0. The van der Waals surface area contributed by atoms with Crippen molar-refractivity contribution in [3.63, 3.8) is 0 Å². The van der Waals surface area contributed by atoms with Crippen LogP contribution in [-0.2, 0) is 0 Å². The van der Waals surface area contributed by atoms with Gasteiger partial charge in [-0.05, 0) is 125 Å². The summed E-state index contributed by atoms with van der Waals surface area (Å²) in [5.74, 6) is 0.890. The number of fused-ring (bicyclic) bond motifs is 9. The predicted octanol–water partition coefficient (Wildman–Crippen LogP) is 14.3. The lowest BCUT2D eigenvalue weighted by molar-refractivity contribution is 1.16. The highest BCUT2D eigenvalue weighted by Gasteiger charge is 2.19. The van der Waals surface area contributed by atoms with Crippen molar-refractivity contribution < 1.29 is 0 Å². The molecule has 0 atom stereocenters. The third-order valence-corrected chi connectivity index (χ3v) is 11.7. The first kappa shape index (κ1) is 31.7. The minimum absolute atomic E-state index is 0.890. The molecule has 0 spiro atoms. The maximum atomic E-state index is 5.23. The van der Waals surface area contributed by atoms with Crippen molar-refractivity contribution >= 4 is 70.7 Å². The molecule has 10 aromatic carbocycles. The van der Waals surface area contributed by atoms with E-state index in [2.05, 4.69) is 192 Å². The number of para-hydroxylation sites is 3. The van der Waals surface area contributed by atoms with Crippen molar-refractivity contribution in [2.75, 3.05) is 0 Å². The van der Waals surface area contributed by atoms with Crippen molar-refractivity contribution in [3.05, 3.63) is 200 Å². The van der Waals surface area contributed by atoms with Gasteiger partial charge in [0.25, 0.3) is 0 Å². The Balaban J connectivity index is 1.01. The van der Waals surface area contributed by atoms with Gasteiger partial charge in [0, 0.05) is 10.9 Å². The molecule has 12 aromatic rings. The molecule has 0 fully saturated rings. The van der Waals surface area contributed by atoms with E-state index in [1.54, 1.807) is 0 Å². The van der Waals surface area contributed by atoms with E-state index in [-0.39, 0.29) is 0 Å². The van der Waals surface area contributed by atoms with Crippen LogP contribution >= 0.6 is 0 Å². The lowest BCUT2D eigenvalue weighted by Gasteiger charge is -2.18. The van der Waals surface area contributed by atoms with E-state index in [9.17, 15) is 0 Å². The van der Waals surface area contributed by atoms with Crippen LogP contribution in [0.3, 0.4) is 0 Å². The monoisotopic (exact) mass is 723 g/mol. The maximum Gasteiger partial charge on any atom is 0.149 e.